The van der Waals surface area contributed by atoms with Crippen molar-refractivity contribution in [2.45, 2.75) is 25.8 Å². The van der Waals surface area contributed by atoms with Crippen molar-refractivity contribution in [2.24, 2.45) is 0 Å². The molecule has 2 rings (SSSR count). The highest BCUT2D eigenvalue weighted by Gasteiger charge is 2.12. The molecule has 1 N–H and O–H groups in total. The van der Waals surface area contributed by atoms with E-state index in [0.29, 0.717) is 6.42 Å². The molecule has 0 aliphatic rings. The summed E-state index contributed by atoms with van der Waals surface area (Å²) in [6, 6.07) is 18.4. The minimum absolute atomic E-state index is 0.0687. The minimum Gasteiger partial charge on any atom is -0.352 e. The topological polar surface area (TPSA) is 29.1 Å². The number of rotatable bonds is 6. The first kappa shape index (κ1) is 15.8. The van der Waals surface area contributed by atoms with Gasteiger partial charge in [0.15, 0.2) is 0 Å². The lowest BCUT2D eigenvalue weighted by atomic mass is 10.1. The van der Waals surface area contributed by atoms with Crippen molar-refractivity contribution in [3.8, 4) is 0 Å². The summed E-state index contributed by atoms with van der Waals surface area (Å²) in [4.78, 5) is 12.1. The molecule has 0 radical (unpaired) electrons. The summed E-state index contributed by atoms with van der Waals surface area (Å²) in [6.07, 6.45) is 1.27. The third kappa shape index (κ3) is 5.35. The zero-order valence-corrected chi connectivity index (χ0v) is 13.8. The third-order valence-electron chi connectivity index (χ3n) is 3.36. The van der Waals surface area contributed by atoms with Gasteiger partial charge in [0, 0.05) is 11.4 Å². The maximum absolute atomic E-state index is 12.1. The summed E-state index contributed by atoms with van der Waals surface area (Å²) in [7, 11) is 0. The van der Waals surface area contributed by atoms with Crippen molar-refractivity contribution >= 4 is 21.8 Å². The Kier molecular flexibility index (Phi) is 6.00. The second-order valence-corrected chi connectivity index (χ2v) is 5.92. The van der Waals surface area contributed by atoms with E-state index in [0.717, 1.165) is 17.3 Å². The van der Waals surface area contributed by atoms with Crippen molar-refractivity contribution in [1.82, 2.24) is 5.32 Å². The molecule has 0 heterocycles. The van der Waals surface area contributed by atoms with Gasteiger partial charge in [-0.1, -0.05) is 76.1 Å². The molecule has 2 aromatic carbocycles. The molecule has 110 valence electrons. The summed E-state index contributed by atoms with van der Waals surface area (Å²) in [5, 5.41) is 3.84. The molecule has 0 fully saturated rings. The summed E-state index contributed by atoms with van der Waals surface area (Å²) < 4.78 is 0. The fourth-order valence-electron chi connectivity index (χ4n) is 2.21. The number of alkyl halides is 1. The van der Waals surface area contributed by atoms with Crippen LogP contribution in [0.5, 0.6) is 0 Å². The van der Waals surface area contributed by atoms with Gasteiger partial charge in [0.1, 0.15) is 0 Å². The van der Waals surface area contributed by atoms with Gasteiger partial charge in [-0.25, -0.2) is 0 Å². The predicted molar refractivity (Wildman–Crippen MR) is 90.8 cm³/mol. The molecule has 0 aromatic heterocycles. The Morgan fingerprint density at radius 2 is 1.71 bits per heavy atom. The minimum atomic E-state index is 0.0687. The second-order valence-electron chi connectivity index (χ2n) is 5.27. The molecule has 21 heavy (non-hydrogen) atoms. The van der Waals surface area contributed by atoms with E-state index in [-0.39, 0.29) is 11.9 Å². The number of nitrogens with one attached hydrogen (secondary N) is 1. The lowest BCUT2D eigenvalue weighted by Gasteiger charge is -2.16. The van der Waals surface area contributed by atoms with Crippen LogP contribution in [0.3, 0.4) is 0 Å². The van der Waals surface area contributed by atoms with E-state index in [1.54, 1.807) is 0 Å². The Morgan fingerprint density at radius 3 is 2.33 bits per heavy atom. The third-order valence-corrected chi connectivity index (χ3v) is 4.14. The molecule has 0 saturated carbocycles. The van der Waals surface area contributed by atoms with Crippen LogP contribution >= 0.6 is 15.9 Å². The van der Waals surface area contributed by atoms with Crippen LogP contribution in [0.25, 0.3) is 0 Å². The first-order valence-electron chi connectivity index (χ1n) is 7.12. The SMILES string of the molecule is Cc1ccc(CC(=O)NC(CBr)Cc2ccccc2)cc1. The Bertz CT molecular complexity index is 566. The van der Waals surface area contributed by atoms with Crippen molar-refractivity contribution < 1.29 is 4.79 Å². The molecular weight excluding hydrogens is 326 g/mol. The first-order chi connectivity index (χ1) is 10.2. The second kappa shape index (κ2) is 7.99. The van der Waals surface area contributed by atoms with Crippen LogP contribution in [0.1, 0.15) is 16.7 Å². The van der Waals surface area contributed by atoms with E-state index in [1.807, 2.05) is 49.4 Å². The van der Waals surface area contributed by atoms with Gasteiger partial charge in [-0.05, 0) is 24.5 Å². The van der Waals surface area contributed by atoms with E-state index in [4.69, 9.17) is 0 Å². The number of hydrogen-bond acceptors (Lipinski definition) is 1. The first-order valence-corrected chi connectivity index (χ1v) is 8.24. The van der Waals surface area contributed by atoms with E-state index in [2.05, 4.69) is 33.4 Å². The molecule has 0 spiro atoms. The largest absolute Gasteiger partial charge is 0.352 e. The van der Waals surface area contributed by atoms with Gasteiger partial charge in [-0.15, -0.1) is 0 Å². The Balaban J connectivity index is 1.89. The predicted octanol–water partition coefficient (Wildman–Crippen LogP) is 3.66. The fraction of sp³-hybridized carbons (Fsp3) is 0.278. The molecule has 1 atom stereocenters. The highest BCUT2D eigenvalue weighted by atomic mass is 79.9. The number of carbonyl (C=O) groups is 1. The van der Waals surface area contributed by atoms with Crippen molar-refractivity contribution in [2.75, 3.05) is 5.33 Å². The lowest BCUT2D eigenvalue weighted by molar-refractivity contribution is -0.121. The molecule has 2 nitrogen and oxygen atoms in total. The van der Waals surface area contributed by atoms with Crippen LogP contribution in [-0.4, -0.2) is 17.3 Å². The van der Waals surface area contributed by atoms with Gasteiger partial charge < -0.3 is 5.32 Å². The molecule has 3 heteroatoms. The Morgan fingerprint density at radius 1 is 1.05 bits per heavy atom. The van der Waals surface area contributed by atoms with Crippen LogP contribution in [0.2, 0.25) is 0 Å². The van der Waals surface area contributed by atoms with Gasteiger partial charge in [0.25, 0.3) is 0 Å². The summed E-state index contributed by atoms with van der Waals surface area (Å²) in [6.45, 7) is 2.05. The molecule has 0 aliphatic carbocycles. The molecule has 1 amide bonds. The monoisotopic (exact) mass is 345 g/mol. The fourth-order valence-corrected chi connectivity index (χ4v) is 2.60. The van der Waals surface area contributed by atoms with E-state index >= 15 is 0 Å². The number of aryl methyl sites for hydroxylation is 1. The van der Waals surface area contributed by atoms with Crippen LogP contribution in [0, 0.1) is 6.92 Å². The number of halogens is 1. The average Bonchev–Trinajstić information content (AvgIpc) is 2.50. The van der Waals surface area contributed by atoms with Crippen LogP contribution in [0.15, 0.2) is 54.6 Å². The molecule has 1 unspecified atom stereocenters. The number of benzene rings is 2. The highest BCUT2D eigenvalue weighted by molar-refractivity contribution is 9.09. The van der Waals surface area contributed by atoms with E-state index in [9.17, 15) is 4.79 Å². The zero-order valence-electron chi connectivity index (χ0n) is 12.2. The molecule has 0 bridgehead atoms. The molecule has 0 saturated heterocycles. The highest BCUT2D eigenvalue weighted by Crippen LogP contribution is 2.07. The summed E-state index contributed by atoms with van der Waals surface area (Å²) >= 11 is 3.48. The van der Waals surface area contributed by atoms with Crippen LogP contribution < -0.4 is 5.32 Å². The number of amides is 1. The Labute approximate surface area is 134 Å². The number of carbonyl (C=O) groups excluding carboxylic acids is 1. The van der Waals surface area contributed by atoms with Gasteiger partial charge in [0.2, 0.25) is 5.91 Å². The van der Waals surface area contributed by atoms with Crippen LogP contribution in [0.4, 0.5) is 0 Å². The maximum atomic E-state index is 12.1. The smallest absolute Gasteiger partial charge is 0.224 e. The van der Waals surface area contributed by atoms with Crippen molar-refractivity contribution in [1.29, 1.82) is 0 Å². The van der Waals surface area contributed by atoms with Gasteiger partial charge in [0.05, 0.1) is 6.42 Å². The zero-order chi connectivity index (χ0) is 15.1. The maximum Gasteiger partial charge on any atom is 0.224 e. The molecular formula is C18H20BrNO. The van der Waals surface area contributed by atoms with Crippen LogP contribution in [-0.2, 0) is 17.6 Å². The van der Waals surface area contributed by atoms with Gasteiger partial charge >= 0.3 is 0 Å². The number of hydrogen-bond donors (Lipinski definition) is 1. The van der Waals surface area contributed by atoms with Gasteiger partial charge in [-0.2, -0.15) is 0 Å². The van der Waals surface area contributed by atoms with Crippen molar-refractivity contribution in [3.05, 3.63) is 71.3 Å². The summed E-state index contributed by atoms with van der Waals surface area (Å²) in [5.74, 6) is 0.0687. The lowest BCUT2D eigenvalue weighted by Crippen LogP contribution is -2.38. The quantitative estimate of drug-likeness (QED) is 0.795. The normalized spacial score (nSPS) is 11.9. The average molecular weight is 346 g/mol. The van der Waals surface area contributed by atoms with E-state index < -0.39 is 0 Å². The van der Waals surface area contributed by atoms with Crippen molar-refractivity contribution in [3.63, 3.8) is 0 Å². The Hall–Kier alpha value is -1.61. The van der Waals surface area contributed by atoms with E-state index in [1.165, 1.54) is 11.1 Å². The standard InChI is InChI=1S/C18H20BrNO/c1-14-7-9-16(10-8-14)12-18(21)20-17(13-19)11-15-5-3-2-4-6-15/h2-10,17H,11-13H2,1H3,(H,20,21). The summed E-state index contributed by atoms with van der Waals surface area (Å²) in [5.41, 5.74) is 3.49. The van der Waals surface area contributed by atoms with Gasteiger partial charge in [-0.3, -0.25) is 4.79 Å². The molecule has 2 aromatic rings. The molecule has 0 aliphatic heterocycles.